The summed E-state index contributed by atoms with van der Waals surface area (Å²) in [7, 11) is 0. The average molecular weight is 446 g/mol. The van der Waals surface area contributed by atoms with Crippen molar-refractivity contribution in [3.05, 3.63) is 69.1 Å². The monoisotopic (exact) mass is 445 g/mol. The van der Waals surface area contributed by atoms with Crippen LogP contribution in [0.3, 0.4) is 0 Å². The molecule has 1 amide bonds. The first-order chi connectivity index (χ1) is 14.2. The minimum Gasteiger partial charge on any atom is -0.349 e. The summed E-state index contributed by atoms with van der Waals surface area (Å²) in [4.78, 5) is 32.2. The number of thiophene rings is 1. The number of nitrogens with one attached hydrogen (secondary N) is 1. The molecule has 0 fully saturated rings. The first kappa shape index (κ1) is 22.2. The van der Waals surface area contributed by atoms with Gasteiger partial charge in [-0.2, -0.15) is 0 Å². The molecule has 0 bridgehead atoms. The van der Waals surface area contributed by atoms with E-state index in [1.54, 1.807) is 29.7 Å². The lowest BCUT2D eigenvalue weighted by atomic mass is 10.1. The Labute approximate surface area is 183 Å². The molecule has 158 valence electrons. The van der Waals surface area contributed by atoms with Gasteiger partial charge in [0, 0.05) is 11.4 Å². The molecule has 0 aliphatic carbocycles. The minimum absolute atomic E-state index is 0.114. The standard InChI is InChI=1S/C22H24FN3O2S2/c1-6-11-26-21(28)18-12(2)14(4)29-20(18)25-22(26)30-15(5)19(27)24-13(3)16-7-9-17(23)10-8-16/h6-10,13,15H,1,11H2,2-5H3,(H,24,27). The van der Waals surface area contributed by atoms with Gasteiger partial charge in [0.05, 0.1) is 16.7 Å². The second-order valence-electron chi connectivity index (χ2n) is 7.10. The third kappa shape index (κ3) is 4.49. The molecule has 0 aliphatic heterocycles. The molecule has 0 aliphatic rings. The third-order valence-electron chi connectivity index (χ3n) is 4.95. The highest BCUT2D eigenvalue weighted by atomic mass is 32.2. The van der Waals surface area contributed by atoms with Gasteiger partial charge in [0.15, 0.2) is 5.16 Å². The number of hydrogen-bond acceptors (Lipinski definition) is 5. The molecule has 0 spiro atoms. The van der Waals surface area contributed by atoms with Gasteiger partial charge in [0.1, 0.15) is 10.6 Å². The Morgan fingerprint density at radius 2 is 2.00 bits per heavy atom. The van der Waals surface area contributed by atoms with E-state index < -0.39 is 5.25 Å². The number of benzene rings is 1. The molecule has 0 radical (unpaired) electrons. The Morgan fingerprint density at radius 1 is 1.33 bits per heavy atom. The normalized spacial score (nSPS) is 13.2. The largest absolute Gasteiger partial charge is 0.349 e. The number of aromatic nitrogens is 2. The van der Waals surface area contributed by atoms with Crippen LogP contribution >= 0.6 is 23.1 Å². The second kappa shape index (κ2) is 9.14. The topological polar surface area (TPSA) is 64.0 Å². The molecule has 0 saturated heterocycles. The van der Waals surface area contributed by atoms with Crippen LogP contribution in [-0.4, -0.2) is 20.7 Å². The van der Waals surface area contributed by atoms with E-state index in [1.165, 1.54) is 35.2 Å². The maximum Gasteiger partial charge on any atom is 0.263 e. The van der Waals surface area contributed by atoms with Crippen LogP contribution in [0.5, 0.6) is 0 Å². The van der Waals surface area contributed by atoms with Crippen LogP contribution in [0.25, 0.3) is 10.2 Å². The van der Waals surface area contributed by atoms with E-state index in [1.807, 2.05) is 20.8 Å². The lowest BCUT2D eigenvalue weighted by Gasteiger charge is -2.18. The van der Waals surface area contributed by atoms with E-state index in [4.69, 9.17) is 0 Å². The van der Waals surface area contributed by atoms with Gasteiger partial charge in [-0.1, -0.05) is 30.0 Å². The van der Waals surface area contributed by atoms with Crippen LogP contribution in [0, 0.1) is 19.7 Å². The summed E-state index contributed by atoms with van der Waals surface area (Å²) in [5.74, 6) is -0.503. The summed E-state index contributed by atoms with van der Waals surface area (Å²) in [5, 5.41) is 3.58. The number of hydrogen-bond donors (Lipinski definition) is 1. The molecular formula is C22H24FN3O2S2. The number of nitrogens with zero attached hydrogens (tertiary/aromatic N) is 2. The highest BCUT2D eigenvalue weighted by Crippen LogP contribution is 2.30. The number of amides is 1. The van der Waals surface area contributed by atoms with Gasteiger partial charge >= 0.3 is 0 Å². The molecule has 1 aromatic carbocycles. The van der Waals surface area contributed by atoms with Crippen molar-refractivity contribution in [1.82, 2.24) is 14.9 Å². The van der Waals surface area contributed by atoms with Gasteiger partial charge in [0.25, 0.3) is 5.56 Å². The smallest absolute Gasteiger partial charge is 0.263 e. The van der Waals surface area contributed by atoms with E-state index in [-0.39, 0.29) is 23.3 Å². The van der Waals surface area contributed by atoms with Gasteiger partial charge in [-0.3, -0.25) is 14.2 Å². The zero-order valence-corrected chi connectivity index (χ0v) is 19.0. The summed E-state index contributed by atoms with van der Waals surface area (Å²) in [6.45, 7) is 11.6. The van der Waals surface area contributed by atoms with Crippen molar-refractivity contribution in [2.75, 3.05) is 0 Å². The van der Waals surface area contributed by atoms with Crippen molar-refractivity contribution < 1.29 is 9.18 Å². The molecule has 1 N–H and O–H groups in total. The summed E-state index contributed by atoms with van der Waals surface area (Å²) >= 11 is 2.72. The average Bonchev–Trinajstić information content (AvgIpc) is 2.99. The Kier molecular flexibility index (Phi) is 6.77. The van der Waals surface area contributed by atoms with Crippen LogP contribution in [0.4, 0.5) is 4.39 Å². The Hall–Kier alpha value is -2.45. The van der Waals surface area contributed by atoms with E-state index >= 15 is 0 Å². The molecule has 3 aromatic rings. The van der Waals surface area contributed by atoms with Crippen LogP contribution in [0.15, 0.2) is 46.9 Å². The lowest BCUT2D eigenvalue weighted by Crippen LogP contribution is -2.34. The zero-order valence-electron chi connectivity index (χ0n) is 17.4. The van der Waals surface area contributed by atoms with Crippen LogP contribution < -0.4 is 10.9 Å². The van der Waals surface area contributed by atoms with Crippen molar-refractivity contribution in [2.24, 2.45) is 0 Å². The summed E-state index contributed by atoms with van der Waals surface area (Å²) in [5.41, 5.74) is 1.65. The van der Waals surface area contributed by atoms with Gasteiger partial charge in [-0.05, 0) is 51.0 Å². The number of allylic oxidation sites excluding steroid dienone is 1. The fourth-order valence-corrected chi connectivity index (χ4v) is 5.06. The van der Waals surface area contributed by atoms with Gasteiger partial charge in [-0.25, -0.2) is 9.37 Å². The van der Waals surface area contributed by atoms with E-state index in [2.05, 4.69) is 16.9 Å². The fraction of sp³-hybridized carbons (Fsp3) is 0.318. The SMILES string of the molecule is C=CCn1c(SC(C)C(=O)NC(C)c2ccc(F)cc2)nc2sc(C)c(C)c2c1=O. The zero-order chi connectivity index (χ0) is 22.0. The van der Waals surface area contributed by atoms with E-state index in [0.717, 1.165) is 16.0 Å². The Bertz CT molecular complexity index is 1150. The number of carbonyl (C=O) groups is 1. The van der Waals surface area contributed by atoms with Crippen LogP contribution in [-0.2, 0) is 11.3 Å². The highest BCUT2D eigenvalue weighted by molar-refractivity contribution is 8.00. The maximum absolute atomic E-state index is 13.1. The van der Waals surface area contributed by atoms with Gasteiger partial charge < -0.3 is 5.32 Å². The Balaban J connectivity index is 1.84. The van der Waals surface area contributed by atoms with Gasteiger partial charge in [0.2, 0.25) is 5.91 Å². The summed E-state index contributed by atoms with van der Waals surface area (Å²) in [6, 6.07) is 5.77. The van der Waals surface area contributed by atoms with Crippen molar-refractivity contribution >= 4 is 39.2 Å². The number of carbonyl (C=O) groups excluding carboxylic acids is 1. The molecule has 2 aromatic heterocycles. The first-order valence-corrected chi connectivity index (χ1v) is 11.3. The first-order valence-electron chi connectivity index (χ1n) is 9.56. The molecule has 2 unspecified atom stereocenters. The predicted octanol–water partition coefficient (Wildman–Crippen LogP) is 4.76. The number of rotatable bonds is 7. The molecule has 8 heteroatoms. The number of halogens is 1. The molecular weight excluding hydrogens is 421 g/mol. The molecule has 2 atom stereocenters. The van der Waals surface area contributed by atoms with Crippen LogP contribution in [0.2, 0.25) is 0 Å². The lowest BCUT2D eigenvalue weighted by molar-refractivity contribution is -0.120. The van der Waals surface area contributed by atoms with Gasteiger partial charge in [-0.15, -0.1) is 17.9 Å². The van der Waals surface area contributed by atoms with Crippen molar-refractivity contribution in [1.29, 1.82) is 0 Å². The van der Waals surface area contributed by atoms with Crippen molar-refractivity contribution in [2.45, 2.75) is 50.7 Å². The quantitative estimate of drug-likeness (QED) is 0.324. The van der Waals surface area contributed by atoms with E-state index in [9.17, 15) is 14.0 Å². The van der Waals surface area contributed by atoms with Crippen molar-refractivity contribution in [3.8, 4) is 0 Å². The maximum atomic E-state index is 13.1. The van der Waals surface area contributed by atoms with E-state index in [0.29, 0.717) is 21.9 Å². The minimum atomic E-state index is -0.476. The summed E-state index contributed by atoms with van der Waals surface area (Å²) < 4.78 is 14.7. The second-order valence-corrected chi connectivity index (χ2v) is 9.62. The van der Waals surface area contributed by atoms with Crippen LogP contribution in [0.1, 0.15) is 35.9 Å². The van der Waals surface area contributed by atoms with Crippen molar-refractivity contribution in [3.63, 3.8) is 0 Å². The number of fused-ring (bicyclic) bond motifs is 1. The molecule has 3 rings (SSSR count). The third-order valence-corrected chi connectivity index (χ3v) is 7.14. The molecule has 2 heterocycles. The molecule has 0 saturated carbocycles. The number of aryl methyl sites for hydroxylation is 2. The summed E-state index contributed by atoms with van der Waals surface area (Å²) in [6.07, 6.45) is 1.65. The highest BCUT2D eigenvalue weighted by Gasteiger charge is 2.22. The predicted molar refractivity (Wildman–Crippen MR) is 122 cm³/mol. The molecule has 30 heavy (non-hydrogen) atoms. The number of thioether (sulfide) groups is 1. The fourth-order valence-electron chi connectivity index (χ4n) is 3.07. The Morgan fingerprint density at radius 3 is 2.63 bits per heavy atom. The molecule has 5 nitrogen and oxygen atoms in total.